The second-order valence-corrected chi connectivity index (χ2v) is 5.22. The Kier molecular flexibility index (Phi) is 5.18. The van der Waals surface area contributed by atoms with E-state index in [1.807, 2.05) is 19.1 Å². The summed E-state index contributed by atoms with van der Waals surface area (Å²) in [5, 5.41) is 3.42. The number of aromatic nitrogens is 1. The van der Waals surface area contributed by atoms with Gasteiger partial charge >= 0.3 is 0 Å². The Hall–Kier alpha value is -1.53. The zero-order valence-corrected chi connectivity index (χ0v) is 11.9. The lowest BCUT2D eigenvalue weighted by molar-refractivity contribution is 0.355. The van der Waals surface area contributed by atoms with Crippen LogP contribution < -0.4 is 10.1 Å². The van der Waals surface area contributed by atoms with Crippen molar-refractivity contribution >= 4 is 0 Å². The number of nitrogens with zero attached hydrogens (tertiary/aromatic N) is 1. The fourth-order valence-corrected chi connectivity index (χ4v) is 1.39. The summed E-state index contributed by atoms with van der Waals surface area (Å²) in [6.45, 7) is 11.3. The first-order valence-electron chi connectivity index (χ1n) is 6.16. The minimum absolute atomic E-state index is 0.0614. The number of rotatable bonds is 4. The van der Waals surface area contributed by atoms with Crippen LogP contribution in [-0.2, 0) is 6.54 Å². The molecule has 1 N–H and O–H groups in total. The van der Waals surface area contributed by atoms with Crippen molar-refractivity contribution in [3.05, 3.63) is 23.5 Å². The molecule has 0 radical (unpaired) electrons. The fourth-order valence-electron chi connectivity index (χ4n) is 1.39. The van der Waals surface area contributed by atoms with Gasteiger partial charge in [-0.15, -0.1) is 5.92 Å². The van der Waals surface area contributed by atoms with E-state index in [0.717, 1.165) is 17.1 Å². The van der Waals surface area contributed by atoms with Crippen molar-refractivity contribution in [1.82, 2.24) is 10.3 Å². The maximum absolute atomic E-state index is 5.62. The number of aryl methyl sites for hydroxylation is 1. The first kappa shape index (κ1) is 14.5. The van der Waals surface area contributed by atoms with Crippen LogP contribution in [0.3, 0.4) is 0 Å². The van der Waals surface area contributed by atoms with Gasteiger partial charge in [0.05, 0.1) is 5.69 Å². The largest absolute Gasteiger partial charge is 0.479 e. The van der Waals surface area contributed by atoms with Crippen LogP contribution in [0.5, 0.6) is 5.75 Å². The standard InChI is InChI=1S/C15H22N2O/c1-6-7-10-18-14-9-8-12(2)17-13(14)11-16-15(3,4)5/h8-9,16H,10-11H2,1-5H3. The Morgan fingerprint density at radius 2 is 2.06 bits per heavy atom. The van der Waals surface area contributed by atoms with Crippen LogP contribution in [0.25, 0.3) is 0 Å². The maximum atomic E-state index is 5.62. The molecule has 0 amide bonds. The molecule has 98 valence electrons. The van der Waals surface area contributed by atoms with Crippen molar-refractivity contribution in [2.24, 2.45) is 0 Å². The molecular formula is C15H22N2O. The SMILES string of the molecule is CC#CCOc1ccc(C)nc1CNC(C)(C)C. The first-order valence-corrected chi connectivity index (χ1v) is 6.16. The number of ether oxygens (including phenoxy) is 1. The number of hydrogen-bond donors (Lipinski definition) is 1. The second-order valence-electron chi connectivity index (χ2n) is 5.22. The molecule has 1 heterocycles. The highest BCUT2D eigenvalue weighted by atomic mass is 16.5. The molecule has 0 saturated carbocycles. The minimum Gasteiger partial charge on any atom is -0.479 e. The van der Waals surface area contributed by atoms with Gasteiger partial charge in [-0.05, 0) is 46.8 Å². The molecule has 3 heteroatoms. The third-order valence-corrected chi connectivity index (χ3v) is 2.33. The Labute approximate surface area is 110 Å². The van der Waals surface area contributed by atoms with Crippen molar-refractivity contribution in [3.8, 4) is 17.6 Å². The van der Waals surface area contributed by atoms with Crippen molar-refractivity contribution in [2.45, 2.75) is 46.7 Å². The average Bonchev–Trinajstić information content (AvgIpc) is 2.28. The van der Waals surface area contributed by atoms with Gasteiger partial charge in [-0.1, -0.05) is 5.92 Å². The van der Waals surface area contributed by atoms with Gasteiger partial charge in [0.2, 0.25) is 0 Å². The Morgan fingerprint density at radius 3 is 2.67 bits per heavy atom. The van der Waals surface area contributed by atoms with E-state index in [2.05, 4.69) is 42.9 Å². The van der Waals surface area contributed by atoms with Crippen molar-refractivity contribution in [2.75, 3.05) is 6.61 Å². The topological polar surface area (TPSA) is 34.1 Å². The third kappa shape index (κ3) is 5.20. The van der Waals surface area contributed by atoms with Crippen LogP contribution >= 0.6 is 0 Å². The van der Waals surface area contributed by atoms with E-state index >= 15 is 0 Å². The van der Waals surface area contributed by atoms with E-state index in [-0.39, 0.29) is 5.54 Å². The molecule has 3 nitrogen and oxygen atoms in total. The van der Waals surface area contributed by atoms with Crippen molar-refractivity contribution in [3.63, 3.8) is 0 Å². The van der Waals surface area contributed by atoms with Crippen LogP contribution in [0.4, 0.5) is 0 Å². The molecule has 1 aromatic heterocycles. The molecular weight excluding hydrogens is 224 g/mol. The molecule has 0 aromatic carbocycles. The van der Waals surface area contributed by atoms with Crippen molar-refractivity contribution in [1.29, 1.82) is 0 Å². The van der Waals surface area contributed by atoms with E-state index in [0.29, 0.717) is 13.2 Å². The smallest absolute Gasteiger partial charge is 0.149 e. The maximum Gasteiger partial charge on any atom is 0.149 e. The normalized spacial score (nSPS) is 10.7. The summed E-state index contributed by atoms with van der Waals surface area (Å²) >= 11 is 0. The summed E-state index contributed by atoms with van der Waals surface area (Å²) in [5.41, 5.74) is 1.99. The average molecular weight is 246 g/mol. The third-order valence-electron chi connectivity index (χ3n) is 2.33. The number of nitrogens with one attached hydrogen (secondary N) is 1. The monoisotopic (exact) mass is 246 g/mol. The lowest BCUT2D eigenvalue weighted by atomic mass is 10.1. The lowest BCUT2D eigenvalue weighted by Gasteiger charge is -2.21. The van der Waals surface area contributed by atoms with Crippen LogP contribution in [0.2, 0.25) is 0 Å². The van der Waals surface area contributed by atoms with Crippen LogP contribution in [0, 0.1) is 18.8 Å². The highest BCUT2D eigenvalue weighted by molar-refractivity contribution is 5.29. The van der Waals surface area contributed by atoms with Crippen LogP contribution in [0.15, 0.2) is 12.1 Å². The molecule has 0 saturated heterocycles. The highest BCUT2D eigenvalue weighted by Crippen LogP contribution is 2.17. The van der Waals surface area contributed by atoms with Gasteiger partial charge in [-0.25, -0.2) is 0 Å². The highest BCUT2D eigenvalue weighted by Gasteiger charge is 2.12. The summed E-state index contributed by atoms with van der Waals surface area (Å²) in [6.07, 6.45) is 0. The van der Waals surface area contributed by atoms with Gasteiger partial charge in [0.15, 0.2) is 0 Å². The quantitative estimate of drug-likeness (QED) is 0.829. The van der Waals surface area contributed by atoms with Crippen LogP contribution in [-0.4, -0.2) is 17.1 Å². The molecule has 0 fully saturated rings. The summed E-state index contributed by atoms with van der Waals surface area (Å²) < 4.78 is 5.62. The fraction of sp³-hybridized carbons (Fsp3) is 0.533. The van der Waals surface area contributed by atoms with E-state index in [1.165, 1.54) is 0 Å². The lowest BCUT2D eigenvalue weighted by Crippen LogP contribution is -2.35. The molecule has 0 aliphatic rings. The van der Waals surface area contributed by atoms with Gasteiger partial charge in [0, 0.05) is 17.8 Å². The first-order chi connectivity index (χ1) is 8.42. The summed E-state index contributed by atoms with van der Waals surface area (Å²) in [4.78, 5) is 4.52. The van der Waals surface area contributed by atoms with E-state index in [1.54, 1.807) is 6.92 Å². The Morgan fingerprint density at radius 1 is 1.33 bits per heavy atom. The van der Waals surface area contributed by atoms with E-state index in [9.17, 15) is 0 Å². The minimum atomic E-state index is 0.0614. The van der Waals surface area contributed by atoms with Gasteiger partial charge in [-0.3, -0.25) is 4.98 Å². The predicted molar refractivity (Wildman–Crippen MR) is 74.5 cm³/mol. The number of hydrogen-bond acceptors (Lipinski definition) is 3. The van der Waals surface area contributed by atoms with Gasteiger partial charge < -0.3 is 10.1 Å². The second kappa shape index (κ2) is 6.42. The zero-order valence-electron chi connectivity index (χ0n) is 11.9. The predicted octanol–water partition coefficient (Wildman–Crippen LogP) is 2.68. The van der Waals surface area contributed by atoms with Crippen molar-refractivity contribution < 1.29 is 4.74 Å². The summed E-state index contributed by atoms with van der Waals surface area (Å²) in [7, 11) is 0. The van der Waals surface area contributed by atoms with Gasteiger partial charge in [0.25, 0.3) is 0 Å². The molecule has 0 aliphatic carbocycles. The molecule has 0 unspecified atom stereocenters. The van der Waals surface area contributed by atoms with E-state index in [4.69, 9.17) is 4.74 Å². The number of pyridine rings is 1. The van der Waals surface area contributed by atoms with Gasteiger partial charge in [0.1, 0.15) is 12.4 Å². The zero-order chi connectivity index (χ0) is 13.6. The molecule has 0 aliphatic heterocycles. The Balaban J connectivity index is 2.78. The summed E-state index contributed by atoms with van der Waals surface area (Å²) in [6, 6.07) is 3.91. The molecule has 1 aromatic rings. The molecule has 1 rings (SSSR count). The van der Waals surface area contributed by atoms with Crippen LogP contribution in [0.1, 0.15) is 39.1 Å². The Bertz CT molecular complexity index is 450. The van der Waals surface area contributed by atoms with Gasteiger partial charge in [-0.2, -0.15) is 0 Å². The molecule has 18 heavy (non-hydrogen) atoms. The molecule has 0 atom stereocenters. The summed E-state index contributed by atoms with van der Waals surface area (Å²) in [5.74, 6) is 6.51. The molecule has 0 spiro atoms. The molecule has 0 bridgehead atoms. The van der Waals surface area contributed by atoms with E-state index < -0.39 is 0 Å².